The van der Waals surface area contributed by atoms with Crippen molar-refractivity contribution in [2.45, 2.75) is 38.7 Å². The van der Waals surface area contributed by atoms with Gasteiger partial charge < -0.3 is 20.7 Å². The molecule has 1 aliphatic carbocycles. The molecule has 0 aromatic heterocycles. The Morgan fingerprint density at radius 3 is 2.79 bits per heavy atom. The normalized spacial score (nSPS) is 15.1. The second-order valence-corrected chi connectivity index (χ2v) is 6.36. The number of aliphatic imine (C=N–C) groups is 1. The number of fused-ring (bicyclic) bond motifs is 1. The van der Waals surface area contributed by atoms with Crippen molar-refractivity contribution in [3.8, 4) is 0 Å². The predicted octanol–water partition coefficient (Wildman–Crippen LogP) is 2.88. The van der Waals surface area contributed by atoms with Gasteiger partial charge in [0.05, 0.1) is 12.6 Å². The summed E-state index contributed by atoms with van der Waals surface area (Å²) in [5.74, 6) is 0.456. The van der Waals surface area contributed by atoms with E-state index in [1.807, 2.05) is 6.92 Å². The highest BCUT2D eigenvalue weighted by atomic mass is 127. The van der Waals surface area contributed by atoms with Gasteiger partial charge in [0.1, 0.15) is 0 Å². The Balaban J connectivity index is 0.00000288. The summed E-state index contributed by atoms with van der Waals surface area (Å²) in [6, 6.07) is 6.47. The summed E-state index contributed by atoms with van der Waals surface area (Å²) in [5.41, 5.74) is 9.94. The summed E-state index contributed by atoms with van der Waals surface area (Å²) in [6.45, 7) is 4.29. The number of hydrogen-bond acceptors (Lipinski definition) is 3. The Hall–Kier alpha value is -0.860. The van der Waals surface area contributed by atoms with Crippen LogP contribution < -0.4 is 11.1 Å². The standard InChI is InChI=1S/C18H30N4O.HI/c1-4-23-17(10-11-22(2)3)13-20-18(19)21-16-9-8-14-6-5-7-15(14)12-16;/h8-9,12,17H,4-7,10-11,13H2,1-3H3,(H3,19,20,21);1H. The molecule has 3 N–H and O–H groups in total. The van der Waals surface area contributed by atoms with Crippen LogP contribution in [0, 0.1) is 0 Å². The molecule has 1 aromatic rings. The molecule has 0 radical (unpaired) electrons. The smallest absolute Gasteiger partial charge is 0.193 e. The second kappa shape index (κ2) is 10.9. The first-order valence-electron chi connectivity index (χ1n) is 8.53. The van der Waals surface area contributed by atoms with Gasteiger partial charge in [-0.15, -0.1) is 24.0 Å². The fourth-order valence-corrected chi connectivity index (χ4v) is 2.90. The maximum Gasteiger partial charge on any atom is 0.193 e. The van der Waals surface area contributed by atoms with Crippen molar-refractivity contribution in [2.24, 2.45) is 10.7 Å². The number of nitrogens with one attached hydrogen (secondary N) is 1. The van der Waals surface area contributed by atoms with E-state index in [4.69, 9.17) is 10.5 Å². The molecule has 2 rings (SSSR count). The number of guanidine groups is 1. The van der Waals surface area contributed by atoms with Crippen LogP contribution in [0.25, 0.3) is 0 Å². The molecule has 0 saturated heterocycles. The van der Waals surface area contributed by atoms with Gasteiger partial charge in [0.2, 0.25) is 0 Å². The van der Waals surface area contributed by atoms with Crippen LogP contribution in [0.5, 0.6) is 0 Å². The van der Waals surface area contributed by atoms with Crippen molar-refractivity contribution in [1.82, 2.24) is 4.90 Å². The molecule has 1 unspecified atom stereocenters. The van der Waals surface area contributed by atoms with Gasteiger partial charge in [0, 0.05) is 18.8 Å². The van der Waals surface area contributed by atoms with Crippen LogP contribution in [0.4, 0.5) is 5.69 Å². The van der Waals surface area contributed by atoms with E-state index in [1.54, 1.807) is 0 Å². The molecule has 0 bridgehead atoms. The molecule has 0 amide bonds. The van der Waals surface area contributed by atoms with Gasteiger partial charge in [0.15, 0.2) is 5.96 Å². The molecular weight excluding hydrogens is 415 g/mol. The van der Waals surface area contributed by atoms with Gasteiger partial charge in [-0.3, -0.25) is 4.99 Å². The molecule has 1 atom stereocenters. The summed E-state index contributed by atoms with van der Waals surface area (Å²) in [5, 5.41) is 3.20. The molecule has 6 heteroatoms. The number of aryl methyl sites for hydroxylation is 2. The highest BCUT2D eigenvalue weighted by Crippen LogP contribution is 2.24. The molecule has 136 valence electrons. The van der Waals surface area contributed by atoms with E-state index in [-0.39, 0.29) is 30.1 Å². The lowest BCUT2D eigenvalue weighted by molar-refractivity contribution is 0.0583. The highest BCUT2D eigenvalue weighted by molar-refractivity contribution is 14.0. The van der Waals surface area contributed by atoms with E-state index in [9.17, 15) is 0 Å². The summed E-state index contributed by atoms with van der Waals surface area (Å²) < 4.78 is 5.74. The number of anilines is 1. The van der Waals surface area contributed by atoms with Crippen LogP contribution in [0.3, 0.4) is 0 Å². The van der Waals surface area contributed by atoms with Gasteiger partial charge in [-0.25, -0.2) is 0 Å². The van der Waals surface area contributed by atoms with Crippen molar-refractivity contribution in [3.63, 3.8) is 0 Å². The Morgan fingerprint density at radius 2 is 2.08 bits per heavy atom. The first-order chi connectivity index (χ1) is 11.1. The van der Waals surface area contributed by atoms with Crippen molar-refractivity contribution in [2.75, 3.05) is 39.1 Å². The number of benzene rings is 1. The minimum Gasteiger partial charge on any atom is -0.377 e. The minimum absolute atomic E-state index is 0. The molecule has 0 spiro atoms. The van der Waals surface area contributed by atoms with Crippen LogP contribution in [-0.2, 0) is 17.6 Å². The molecule has 24 heavy (non-hydrogen) atoms. The minimum atomic E-state index is 0. The molecule has 0 saturated carbocycles. The van der Waals surface area contributed by atoms with E-state index in [2.05, 4.69) is 47.5 Å². The molecule has 5 nitrogen and oxygen atoms in total. The lowest BCUT2D eigenvalue weighted by Crippen LogP contribution is -2.28. The zero-order chi connectivity index (χ0) is 16.7. The molecule has 0 heterocycles. The third kappa shape index (κ3) is 6.94. The zero-order valence-corrected chi connectivity index (χ0v) is 17.4. The number of nitrogens with zero attached hydrogens (tertiary/aromatic N) is 2. The van der Waals surface area contributed by atoms with E-state index < -0.39 is 0 Å². The number of halogens is 1. The Kier molecular flexibility index (Phi) is 9.61. The summed E-state index contributed by atoms with van der Waals surface area (Å²) in [7, 11) is 4.13. The summed E-state index contributed by atoms with van der Waals surface area (Å²) in [4.78, 5) is 6.60. The Labute approximate surface area is 163 Å². The van der Waals surface area contributed by atoms with Crippen molar-refractivity contribution < 1.29 is 4.74 Å². The first-order valence-corrected chi connectivity index (χ1v) is 8.53. The zero-order valence-electron chi connectivity index (χ0n) is 15.0. The number of rotatable bonds is 8. The number of nitrogens with two attached hydrogens (primary N) is 1. The summed E-state index contributed by atoms with van der Waals surface area (Å²) >= 11 is 0. The van der Waals surface area contributed by atoms with Crippen LogP contribution in [0.1, 0.15) is 30.9 Å². The molecule has 0 fully saturated rings. The predicted molar refractivity (Wildman–Crippen MR) is 113 cm³/mol. The average Bonchev–Trinajstić information content (AvgIpc) is 2.97. The maximum absolute atomic E-state index is 6.02. The Bertz CT molecular complexity index is 534. The molecule has 0 aliphatic heterocycles. The lowest BCUT2D eigenvalue weighted by atomic mass is 10.1. The van der Waals surface area contributed by atoms with Gasteiger partial charge in [0.25, 0.3) is 0 Å². The number of ether oxygens (including phenoxy) is 1. The van der Waals surface area contributed by atoms with Crippen LogP contribution in [-0.4, -0.2) is 50.8 Å². The third-order valence-corrected chi connectivity index (χ3v) is 4.14. The van der Waals surface area contributed by atoms with Crippen molar-refractivity contribution in [3.05, 3.63) is 29.3 Å². The van der Waals surface area contributed by atoms with Crippen molar-refractivity contribution >= 4 is 35.6 Å². The van der Waals surface area contributed by atoms with Crippen LogP contribution >= 0.6 is 24.0 Å². The topological polar surface area (TPSA) is 62.9 Å². The Morgan fingerprint density at radius 1 is 1.33 bits per heavy atom. The molecule has 1 aromatic carbocycles. The molecular formula is C18H31IN4O. The monoisotopic (exact) mass is 446 g/mol. The largest absolute Gasteiger partial charge is 0.377 e. The van der Waals surface area contributed by atoms with E-state index >= 15 is 0 Å². The van der Waals surface area contributed by atoms with Gasteiger partial charge in [-0.2, -0.15) is 0 Å². The first kappa shape index (κ1) is 21.2. The van der Waals surface area contributed by atoms with Crippen LogP contribution in [0.15, 0.2) is 23.2 Å². The highest BCUT2D eigenvalue weighted by Gasteiger charge is 2.11. The quantitative estimate of drug-likeness (QED) is 0.366. The van der Waals surface area contributed by atoms with E-state index in [0.29, 0.717) is 19.1 Å². The van der Waals surface area contributed by atoms with E-state index in [1.165, 1.54) is 30.4 Å². The van der Waals surface area contributed by atoms with E-state index in [0.717, 1.165) is 18.7 Å². The molecule has 1 aliphatic rings. The average molecular weight is 446 g/mol. The third-order valence-electron chi connectivity index (χ3n) is 4.14. The maximum atomic E-state index is 6.02. The van der Waals surface area contributed by atoms with Gasteiger partial charge in [-0.1, -0.05) is 6.07 Å². The van der Waals surface area contributed by atoms with Crippen LogP contribution in [0.2, 0.25) is 0 Å². The fourth-order valence-electron chi connectivity index (χ4n) is 2.90. The van der Waals surface area contributed by atoms with Crippen molar-refractivity contribution in [1.29, 1.82) is 0 Å². The van der Waals surface area contributed by atoms with Gasteiger partial charge in [-0.05, 0) is 70.0 Å². The van der Waals surface area contributed by atoms with Gasteiger partial charge >= 0.3 is 0 Å². The summed E-state index contributed by atoms with van der Waals surface area (Å²) in [6.07, 6.45) is 4.68. The second-order valence-electron chi connectivity index (χ2n) is 6.36. The fraction of sp³-hybridized carbons (Fsp3) is 0.611. The number of hydrogen-bond donors (Lipinski definition) is 2. The lowest BCUT2D eigenvalue weighted by Gasteiger charge is -2.18. The SMILES string of the molecule is CCOC(CCN(C)C)CN=C(N)Nc1ccc2c(c1)CCC2.I.